The minimum Gasteiger partial charge on any atom is -0.311 e. The van der Waals surface area contributed by atoms with E-state index in [-0.39, 0.29) is 0 Å². The van der Waals surface area contributed by atoms with Crippen LogP contribution in [0.4, 0.5) is 0 Å². The van der Waals surface area contributed by atoms with Crippen molar-refractivity contribution in [2.75, 3.05) is 18.8 Å². The number of hydrogen-bond donors (Lipinski definition) is 1. The lowest BCUT2D eigenvalue weighted by Crippen LogP contribution is -2.59. The molecule has 0 aromatic rings. The van der Waals surface area contributed by atoms with E-state index in [1.165, 1.54) is 57.4 Å². The molecule has 4 atom stereocenters. The lowest BCUT2D eigenvalue weighted by atomic mass is 9.73. The van der Waals surface area contributed by atoms with E-state index in [1.54, 1.807) is 0 Å². The quantitative estimate of drug-likeness (QED) is 0.832. The summed E-state index contributed by atoms with van der Waals surface area (Å²) in [4.78, 5) is 2.73. The van der Waals surface area contributed by atoms with Crippen LogP contribution in [0.2, 0.25) is 0 Å². The van der Waals surface area contributed by atoms with Crippen molar-refractivity contribution in [3.63, 3.8) is 0 Å². The highest BCUT2D eigenvalue weighted by Gasteiger charge is 2.41. The molecule has 1 heterocycles. The van der Waals surface area contributed by atoms with Gasteiger partial charge in [0.2, 0.25) is 0 Å². The first kappa shape index (κ1) is 16.1. The van der Waals surface area contributed by atoms with Crippen molar-refractivity contribution in [3.8, 4) is 0 Å². The average Bonchev–Trinajstić information content (AvgIpc) is 2.86. The Labute approximate surface area is 135 Å². The number of fused-ring (bicyclic) bond motifs is 2. The molecule has 3 rings (SSSR count). The smallest absolute Gasteiger partial charge is 0.0151 e. The second kappa shape index (κ2) is 7.23. The van der Waals surface area contributed by atoms with Gasteiger partial charge >= 0.3 is 0 Å². The first-order chi connectivity index (χ1) is 10.2. The van der Waals surface area contributed by atoms with E-state index in [2.05, 4.69) is 42.7 Å². The number of thioether (sulfide) groups is 1. The molecule has 1 N–H and O–H groups in total. The first-order valence-electron chi connectivity index (χ1n) is 9.29. The molecule has 122 valence electrons. The van der Waals surface area contributed by atoms with Crippen molar-refractivity contribution in [2.24, 2.45) is 11.8 Å². The Balaban J connectivity index is 1.56. The number of hydrogen-bond acceptors (Lipinski definition) is 3. The molecular formula is C18H34N2S. The van der Waals surface area contributed by atoms with Crippen molar-refractivity contribution in [2.45, 2.75) is 82.7 Å². The van der Waals surface area contributed by atoms with Gasteiger partial charge in [0.05, 0.1) is 0 Å². The third-order valence-electron chi connectivity index (χ3n) is 6.05. The van der Waals surface area contributed by atoms with Crippen molar-refractivity contribution in [1.82, 2.24) is 10.2 Å². The summed E-state index contributed by atoms with van der Waals surface area (Å²) in [7, 11) is 0. The second-order valence-electron chi connectivity index (χ2n) is 7.78. The first-order valence-corrected chi connectivity index (χ1v) is 10.3. The van der Waals surface area contributed by atoms with E-state index in [0.29, 0.717) is 0 Å². The molecular weight excluding hydrogens is 276 g/mol. The number of likely N-dealkylation sites (tertiary alicyclic amines) is 1. The fraction of sp³-hybridized carbons (Fsp3) is 1.00. The van der Waals surface area contributed by atoms with Crippen LogP contribution in [0.3, 0.4) is 0 Å². The fourth-order valence-corrected chi connectivity index (χ4v) is 6.06. The van der Waals surface area contributed by atoms with Gasteiger partial charge in [0, 0.05) is 36.5 Å². The predicted octanol–water partition coefficient (Wildman–Crippen LogP) is 3.76. The topological polar surface area (TPSA) is 15.3 Å². The van der Waals surface area contributed by atoms with Crippen LogP contribution >= 0.6 is 11.8 Å². The van der Waals surface area contributed by atoms with Gasteiger partial charge in [-0.2, -0.15) is 11.8 Å². The molecule has 0 aromatic carbocycles. The van der Waals surface area contributed by atoms with Gasteiger partial charge in [-0.1, -0.05) is 13.3 Å². The van der Waals surface area contributed by atoms with Crippen molar-refractivity contribution >= 4 is 11.8 Å². The van der Waals surface area contributed by atoms with Crippen LogP contribution in [0.15, 0.2) is 0 Å². The Kier molecular flexibility index (Phi) is 5.55. The van der Waals surface area contributed by atoms with Crippen LogP contribution in [-0.2, 0) is 0 Å². The van der Waals surface area contributed by atoms with E-state index >= 15 is 0 Å². The Morgan fingerprint density at radius 1 is 1.10 bits per heavy atom. The van der Waals surface area contributed by atoms with Gasteiger partial charge in [-0.25, -0.2) is 0 Å². The maximum Gasteiger partial charge on any atom is 0.0151 e. The van der Waals surface area contributed by atoms with Crippen LogP contribution in [0.1, 0.15) is 59.3 Å². The third-order valence-corrected chi connectivity index (χ3v) is 7.28. The summed E-state index contributed by atoms with van der Waals surface area (Å²) in [6, 6.07) is 2.36. The van der Waals surface area contributed by atoms with E-state index in [1.807, 2.05) is 0 Å². The summed E-state index contributed by atoms with van der Waals surface area (Å²) in [5, 5.41) is 5.06. The molecule has 2 nitrogen and oxygen atoms in total. The van der Waals surface area contributed by atoms with Gasteiger partial charge in [-0.05, 0) is 63.5 Å². The lowest BCUT2D eigenvalue weighted by molar-refractivity contribution is 0.0253. The average molecular weight is 311 g/mol. The largest absolute Gasteiger partial charge is 0.311 e. The fourth-order valence-electron chi connectivity index (χ4n) is 4.92. The van der Waals surface area contributed by atoms with E-state index in [4.69, 9.17) is 0 Å². The summed E-state index contributed by atoms with van der Waals surface area (Å²) < 4.78 is 0. The van der Waals surface area contributed by atoms with Gasteiger partial charge < -0.3 is 10.2 Å². The Morgan fingerprint density at radius 2 is 1.81 bits per heavy atom. The molecule has 2 aliphatic carbocycles. The summed E-state index contributed by atoms with van der Waals surface area (Å²) in [5.41, 5.74) is 0. The number of rotatable bonds is 5. The SMILES string of the molecule is CCSC1CCC(NC2C3CCCC2CN(C(C)C)C3)C1. The Morgan fingerprint density at radius 3 is 2.43 bits per heavy atom. The minimum atomic E-state index is 0.728. The molecule has 4 unspecified atom stereocenters. The standard InChI is InChI=1S/C18H34N2S/c1-4-21-17-9-8-16(10-17)19-18-14-6-5-7-15(18)12-20(11-14)13(2)3/h13-19H,4-12H2,1-3H3. The highest BCUT2D eigenvalue weighted by molar-refractivity contribution is 7.99. The molecule has 0 radical (unpaired) electrons. The van der Waals surface area contributed by atoms with Crippen molar-refractivity contribution in [1.29, 1.82) is 0 Å². The summed E-state index contributed by atoms with van der Waals surface area (Å²) in [6.45, 7) is 9.72. The molecule has 0 aromatic heterocycles. The molecule has 3 heteroatoms. The van der Waals surface area contributed by atoms with Crippen molar-refractivity contribution in [3.05, 3.63) is 0 Å². The molecule has 0 amide bonds. The molecule has 3 fully saturated rings. The van der Waals surface area contributed by atoms with Crippen LogP contribution in [0.5, 0.6) is 0 Å². The van der Waals surface area contributed by atoms with E-state index in [9.17, 15) is 0 Å². The van der Waals surface area contributed by atoms with Crippen LogP contribution < -0.4 is 5.32 Å². The van der Waals surface area contributed by atoms with Gasteiger partial charge in [-0.15, -0.1) is 0 Å². The highest BCUT2D eigenvalue weighted by atomic mass is 32.2. The number of nitrogens with zero attached hydrogens (tertiary/aromatic N) is 1. The Bertz CT molecular complexity index is 319. The molecule has 2 saturated carbocycles. The molecule has 1 saturated heterocycles. The highest BCUT2D eigenvalue weighted by Crippen LogP contribution is 2.38. The van der Waals surface area contributed by atoms with E-state index in [0.717, 1.165) is 35.2 Å². The van der Waals surface area contributed by atoms with Gasteiger partial charge in [0.15, 0.2) is 0 Å². The molecule has 21 heavy (non-hydrogen) atoms. The lowest BCUT2D eigenvalue weighted by Gasteiger charge is -2.50. The Hall–Kier alpha value is 0.270. The van der Waals surface area contributed by atoms with Crippen LogP contribution in [-0.4, -0.2) is 47.1 Å². The maximum absolute atomic E-state index is 4.13. The zero-order valence-electron chi connectivity index (χ0n) is 14.2. The summed E-state index contributed by atoms with van der Waals surface area (Å²) >= 11 is 2.18. The van der Waals surface area contributed by atoms with Gasteiger partial charge in [0.1, 0.15) is 0 Å². The number of piperidine rings is 1. The second-order valence-corrected chi connectivity index (χ2v) is 9.36. The zero-order valence-corrected chi connectivity index (χ0v) is 15.0. The summed E-state index contributed by atoms with van der Waals surface area (Å²) in [6.07, 6.45) is 8.66. The normalized spacial score (nSPS) is 40.9. The maximum atomic E-state index is 4.13. The third kappa shape index (κ3) is 3.79. The molecule has 1 aliphatic heterocycles. The molecule has 2 bridgehead atoms. The van der Waals surface area contributed by atoms with Crippen molar-refractivity contribution < 1.29 is 0 Å². The predicted molar refractivity (Wildman–Crippen MR) is 94.0 cm³/mol. The molecule has 3 aliphatic rings. The zero-order chi connectivity index (χ0) is 14.8. The van der Waals surface area contributed by atoms with E-state index < -0.39 is 0 Å². The summed E-state index contributed by atoms with van der Waals surface area (Å²) in [5.74, 6) is 3.12. The van der Waals surface area contributed by atoms with Gasteiger partial charge in [-0.3, -0.25) is 0 Å². The molecule has 0 spiro atoms. The number of nitrogens with one attached hydrogen (secondary N) is 1. The van der Waals surface area contributed by atoms with Crippen LogP contribution in [0, 0.1) is 11.8 Å². The monoisotopic (exact) mass is 310 g/mol. The van der Waals surface area contributed by atoms with Crippen LogP contribution in [0.25, 0.3) is 0 Å². The van der Waals surface area contributed by atoms with Gasteiger partial charge in [0.25, 0.3) is 0 Å². The minimum absolute atomic E-state index is 0.728.